The maximum Gasteiger partial charge on any atom is 0.250 e. The number of hydrogen-bond donors (Lipinski definition) is 4. The number of sulfonamides is 1. The molecular formula is C11H18N4O3S. The molecular weight excluding hydrogens is 268 g/mol. The predicted molar refractivity (Wildman–Crippen MR) is 75.3 cm³/mol. The molecule has 0 saturated carbocycles. The summed E-state index contributed by atoms with van der Waals surface area (Å²) < 4.78 is 25.2. The maximum absolute atomic E-state index is 11.4. The molecule has 19 heavy (non-hydrogen) atoms. The molecule has 1 amide bonds. The summed E-state index contributed by atoms with van der Waals surface area (Å²) in [6, 6.07) is 4.79. The normalized spacial score (nSPS) is 11.2. The Labute approximate surface area is 112 Å². The average molecular weight is 286 g/mol. The van der Waals surface area contributed by atoms with Gasteiger partial charge in [-0.15, -0.1) is 0 Å². The van der Waals surface area contributed by atoms with Gasteiger partial charge in [0.2, 0.25) is 10.0 Å². The van der Waals surface area contributed by atoms with Crippen molar-refractivity contribution in [3.63, 3.8) is 0 Å². The van der Waals surface area contributed by atoms with Gasteiger partial charge in [0, 0.05) is 13.1 Å². The van der Waals surface area contributed by atoms with E-state index in [9.17, 15) is 13.2 Å². The summed E-state index contributed by atoms with van der Waals surface area (Å²) in [6.07, 6.45) is 0. The molecule has 106 valence electrons. The van der Waals surface area contributed by atoms with Gasteiger partial charge in [-0.25, -0.2) is 13.1 Å². The van der Waals surface area contributed by atoms with Crippen LogP contribution in [0.1, 0.15) is 17.3 Å². The third kappa shape index (κ3) is 4.42. The summed E-state index contributed by atoms with van der Waals surface area (Å²) in [5.41, 5.74) is 11.8. The number of amides is 1. The second-order valence-electron chi connectivity index (χ2n) is 3.87. The molecule has 0 heterocycles. The first kappa shape index (κ1) is 15.3. The number of primary amides is 1. The zero-order chi connectivity index (χ0) is 14.5. The van der Waals surface area contributed by atoms with Gasteiger partial charge in [-0.05, 0) is 12.1 Å². The van der Waals surface area contributed by atoms with Crippen molar-refractivity contribution in [2.45, 2.75) is 6.92 Å². The summed E-state index contributed by atoms with van der Waals surface area (Å²) >= 11 is 0. The number of para-hydroxylation sites is 1. The molecule has 7 nitrogen and oxygen atoms in total. The molecule has 6 N–H and O–H groups in total. The predicted octanol–water partition coefficient (Wildman–Crippen LogP) is -0.281. The lowest BCUT2D eigenvalue weighted by Gasteiger charge is -2.11. The van der Waals surface area contributed by atoms with Crippen molar-refractivity contribution in [3.05, 3.63) is 23.8 Å². The number of nitrogens with two attached hydrogens (primary N) is 2. The van der Waals surface area contributed by atoms with Gasteiger partial charge in [-0.3, -0.25) is 4.79 Å². The van der Waals surface area contributed by atoms with E-state index in [4.69, 9.17) is 11.5 Å². The maximum atomic E-state index is 11.4. The lowest BCUT2D eigenvalue weighted by molar-refractivity contribution is 0.100. The minimum absolute atomic E-state index is 0.0823. The van der Waals surface area contributed by atoms with Gasteiger partial charge < -0.3 is 16.8 Å². The molecule has 0 aliphatic heterocycles. The van der Waals surface area contributed by atoms with E-state index in [-0.39, 0.29) is 23.5 Å². The average Bonchev–Trinajstić information content (AvgIpc) is 2.30. The summed E-state index contributed by atoms with van der Waals surface area (Å²) in [7, 11) is -3.29. The van der Waals surface area contributed by atoms with Gasteiger partial charge in [-0.1, -0.05) is 13.0 Å². The Bertz CT molecular complexity index is 557. The minimum Gasteiger partial charge on any atom is -0.396 e. The van der Waals surface area contributed by atoms with E-state index in [2.05, 4.69) is 10.0 Å². The lowest BCUT2D eigenvalue weighted by atomic mass is 10.1. The first-order valence-corrected chi connectivity index (χ1v) is 7.42. The quantitative estimate of drug-likeness (QED) is 0.513. The third-order valence-electron chi connectivity index (χ3n) is 2.42. The fourth-order valence-electron chi connectivity index (χ4n) is 1.55. The van der Waals surface area contributed by atoms with E-state index in [0.29, 0.717) is 12.2 Å². The van der Waals surface area contributed by atoms with E-state index < -0.39 is 15.9 Å². The van der Waals surface area contributed by atoms with Crippen molar-refractivity contribution in [2.75, 3.05) is 29.9 Å². The van der Waals surface area contributed by atoms with Gasteiger partial charge in [0.1, 0.15) is 0 Å². The van der Waals surface area contributed by atoms with Gasteiger partial charge in [0.25, 0.3) is 5.91 Å². The van der Waals surface area contributed by atoms with E-state index in [1.165, 1.54) is 6.07 Å². The molecule has 0 bridgehead atoms. The van der Waals surface area contributed by atoms with E-state index >= 15 is 0 Å². The van der Waals surface area contributed by atoms with Gasteiger partial charge in [0.05, 0.1) is 22.7 Å². The van der Waals surface area contributed by atoms with Crippen LogP contribution in [-0.2, 0) is 10.0 Å². The van der Waals surface area contributed by atoms with Crippen LogP contribution in [0.15, 0.2) is 18.2 Å². The highest BCUT2D eigenvalue weighted by atomic mass is 32.2. The molecule has 0 aromatic heterocycles. The molecule has 0 unspecified atom stereocenters. The SMILES string of the molecule is CCNS(=O)(=O)CCNc1cccc(C(N)=O)c1N. The van der Waals surface area contributed by atoms with Crippen molar-refractivity contribution in [2.24, 2.45) is 5.73 Å². The Kier molecular flexibility index (Phi) is 5.13. The smallest absolute Gasteiger partial charge is 0.250 e. The zero-order valence-electron chi connectivity index (χ0n) is 10.6. The summed E-state index contributed by atoms with van der Waals surface area (Å²) in [6.45, 7) is 2.24. The Morgan fingerprint density at radius 2 is 2.05 bits per heavy atom. The number of carbonyl (C=O) groups is 1. The fraction of sp³-hybridized carbons (Fsp3) is 0.364. The molecule has 1 rings (SSSR count). The Hall–Kier alpha value is -1.80. The van der Waals surface area contributed by atoms with Crippen molar-refractivity contribution in [1.82, 2.24) is 4.72 Å². The van der Waals surface area contributed by atoms with Crippen LogP contribution in [0.3, 0.4) is 0 Å². The molecule has 1 aromatic rings. The van der Waals surface area contributed by atoms with Crippen LogP contribution in [0.25, 0.3) is 0 Å². The molecule has 8 heteroatoms. The van der Waals surface area contributed by atoms with Crippen LogP contribution < -0.4 is 21.5 Å². The Balaban J connectivity index is 2.69. The first-order valence-electron chi connectivity index (χ1n) is 5.77. The van der Waals surface area contributed by atoms with Crippen molar-refractivity contribution in [1.29, 1.82) is 0 Å². The molecule has 0 atom stereocenters. The number of anilines is 2. The molecule has 0 spiro atoms. The van der Waals surface area contributed by atoms with Crippen molar-refractivity contribution in [3.8, 4) is 0 Å². The highest BCUT2D eigenvalue weighted by Crippen LogP contribution is 2.21. The fourth-order valence-corrected chi connectivity index (χ4v) is 2.50. The van der Waals surface area contributed by atoms with Gasteiger partial charge >= 0.3 is 0 Å². The van der Waals surface area contributed by atoms with Crippen molar-refractivity contribution < 1.29 is 13.2 Å². The van der Waals surface area contributed by atoms with Crippen LogP contribution >= 0.6 is 0 Å². The third-order valence-corrected chi connectivity index (χ3v) is 3.89. The van der Waals surface area contributed by atoms with Gasteiger partial charge in [-0.2, -0.15) is 0 Å². The monoisotopic (exact) mass is 286 g/mol. The highest BCUT2D eigenvalue weighted by molar-refractivity contribution is 7.89. The van der Waals surface area contributed by atoms with Gasteiger partial charge in [0.15, 0.2) is 0 Å². The molecule has 0 radical (unpaired) electrons. The van der Waals surface area contributed by atoms with E-state index in [0.717, 1.165) is 0 Å². The molecule has 0 aliphatic rings. The highest BCUT2D eigenvalue weighted by Gasteiger charge is 2.11. The Morgan fingerprint density at radius 3 is 2.63 bits per heavy atom. The first-order chi connectivity index (χ1) is 8.87. The summed E-state index contributed by atoms with van der Waals surface area (Å²) in [5.74, 6) is -0.706. The van der Waals surface area contributed by atoms with Crippen molar-refractivity contribution >= 4 is 27.3 Å². The zero-order valence-corrected chi connectivity index (χ0v) is 11.5. The number of hydrogen-bond acceptors (Lipinski definition) is 5. The lowest BCUT2D eigenvalue weighted by Crippen LogP contribution is -2.29. The van der Waals surface area contributed by atoms with Crippen LogP contribution in [0.5, 0.6) is 0 Å². The second kappa shape index (κ2) is 6.39. The summed E-state index contributed by atoms with van der Waals surface area (Å²) in [4.78, 5) is 11.1. The number of carbonyl (C=O) groups excluding carboxylic acids is 1. The largest absolute Gasteiger partial charge is 0.396 e. The minimum atomic E-state index is -3.29. The van der Waals surface area contributed by atoms with E-state index in [1.54, 1.807) is 19.1 Å². The standard InChI is InChI=1S/C11H18N4O3S/c1-2-15-19(17,18)7-6-14-9-5-3-4-8(10(9)12)11(13)16/h3-5,14-15H,2,6-7,12H2,1H3,(H2,13,16). The number of nitrogen functional groups attached to an aromatic ring is 1. The van der Waals surface area contributed by atoms with Crippen LogP contribution in [0, 0.1) is 0 Å². The molecule has 0 aliphatic carbocycles. The Morgan fingerprint density at radius 1 is 1.37 bits per heavy atom. The van der Waals surface area contributed by atoms with Crippen LogP contribution in [0.4, 0.5) is 11.4 Å². The topological polar surface area (TPSA) is 127 Å². The number of nitrogens with one attached hydrogen (secondary N) is 2. The van der Waals surface area contributed by atoms with Crippen LogP contribution in [0.2, 0.25) is 0 Å². The van der Waals surface area contributed by atoms with E-state index in [1.807, 2.05) is 0 Å². The molecule has 1 aromatic carbocycles. The number of benzene rings is 1. The number of rotatable bonds is 7. The summed E-state index contributed by atoms with van der Waals surface area (Å²) in [5, 5.41) is 2.87. The molecule has 0 fully saturated rings. The second-order valence-corrected chi connectivity index (χ2v) is 5.80. The van der Waals surface area contributed by atoms with Crippen LogP contribution in [-0.4, -0.2) is 33.2 Å². The molecule has 0 saturated heterocycles.